The maximum atomic E-state index is 13.3. The molecule has 1 amide bonds. The highest BCUT2D eigenvalue weighted by Gasteiger charge is 2.43. The lowest BCUT2D eigenvalue weighted by Crippen LogP contribution is -2.32. The third kappa shape index (κ3) is 6.28. The Morgan fingerprint density at radius 2 is 1.89 bits per heavy atom. The van der Waals surface area contributed by atoms with Gasteiger partial charge in [0.1, 0.15) is 11.6 Å². The molecule has 36 heavy (non-hydrogen) atoms. The number of aromatic nitrogens is 3. The molecule has 6 nitrogen and oxygen atoms in total. The van der Waals surface area contributed by atoms with Gasteiger partial charge in [-0.3, -0.25) is 4.79 Å². The van der Waals surface area contributed by atoms with Crippen LogP contribution in [0.3, 0.4) is 0 Å². The summed E-state index contributed by atoms with van der Waals surface area (Å²) in [4.78, 5) is 13.0. The molecule has 0 saturated heterocycles. The molecule has 0 aliphatic heterocycles. The van der Waals surface area contributed by atoms with E-state index in [9.17, 15) is 23.1 Å². The summed E-state index contributed by atoms with van der Waals surface area (Å²) >= 11 is 0. The van der Waals surface area contributed by atoms with Gasteiger partial charge in [0, 0.05) is 30.0 Å². The highest BCUT2D eigenvalue weighted by molar-refractivity contribution is 5.92. The zero-order chi connectivity index (χ0) is 26.2. The van der Waals surface area contributed by atoms with Gasteiger partial charge in [-0.15, -0.1) is 10.2 Å². The molecular formula is C27H37F3N4O2. The van der Waals surface area contributed by atoms with E-state index in [1.165, 1.54) is 0 Å². The number of alkyl halides is 3. The van der Waals surface area contributed by atoms with Crippen molar-refractivity contribution in [3.63, 3.8) is 0 Å². The first-order chi connectivity index (χ1) is 16.9. The number of hydrogen-bond donors (Lipinski definition) is 2. The van der Waals surface area contributed by atoms with Crippen LogP contribution in [0.25, 0.3) is 0 Å². The molecule has 0 spiro atoms. The summed E-state index contributed by atoms with van der Waals surface area (Å²) in [6.45, 7) is 8.23. The molecule has 1 aromatic heterocycles. The van der Waals surface area contributed by atoms with Gasteiger partial charge in [0.05, 0.1) is 0 Å². The van der Waals surface area contributed by atoms with Crippen molar-refractivity contribution in [2.24, 2.45) is 11.8 Å². The number of hydrogen-bond acceptors (Lipinski definition) is 4. The Labute approximate surface area is 210 Å². The van der Waals surface area contributed by atoms with Gasteiger partial charge in [-0.05, 0) is 75.8 Å². The second-order valence-corrected chi connectivity index (χ2v) is 11.2. The minimum Gasteiger partial charge on any atom is -0.384 e. The van der Waals surface area contributed by atoms with Crippen LogP contribution in [0.15, 0.2) is 18.2 Å². The largest absolute Gasteiger partial charge is 0.414 e. The van der Waals surface area contributed by atoms with Crippen molar-refractivity contribution in [3.8, 4) is 0 Å². The maximum Gasteiger partial charge on any atom is 0.414 e. The first-order valence-corrected chi connectivity index (χ1v) is 13.0. The van der Waals surface area contributed by atoms with E-state index < -0.39 is 30.5 Å². The van der Waals surface area contributed by atoms with E-state index in [1.807, 2.05) is 30.5 Å². The lowest BCUT2D eigenvalue weighted by molar-refractivity contribution is -0.207. The fraction of sp³-hybridized carbons (Fsp3) is 0.667. The lowest BCUT2D eigenvalue weighted by Gasteiger charge is -2.36. The van der Waals surface area contributed by atoms with Crippen molar-refractivity contribution in [1.82, 2.24) is 14.8 Å². The van der Waals surface area contributed by atoms with Crippen molar-refractivity contribution in [2.45, 2.75) is 103 Å². The van der Waals surface area contributed by atoms with E-state index in [1.54, 1.807) is 6.07 Å². The molecule has 2 saturated carbocycles. The molecule has 9 heteroatoms. The zero-order valence-corrected chi connectivity index (χ0v) is 21.5. The van der Waals surface area contributed by atoms with E-state index in [-0.39, 0.29) is 18.4 Å². The predicted molar refractivity (Wildman–Crippen MR) is 132 cm³/mol. The van der Waals surface area contributed by atoms with Gasteiger partial charge in [0.2, 0.25) is 5.91 Å². The smallest absolute Gasteiger partial charge is 0.384 e. The first-order valence-electron chi connectivity index (χ1n) is 13.0. The summed E-state index contributed by atoms with van der Waals surface area (Å²) in [5.41, 5.74) is 2.55. The Morgan fingerprint density at radius 1 is 1.19 bits per heavy atom. The van der Waals surface area contributed by atoms with E-state index in [2.05, 4.69) is 29.4 Å². The zero-order valence-electron chi connectivity index (χ0n) is 21.5. The molecule has 198 valence electrons. The average molecular weight is 507 g/mol. The van der Waals surface area contributed by atoms with E-state index in [0.29, 0.717) is 23.3 Å². The Bertz CT molecular complexity index is 1070. The molecule has 2 aromatic rings. The number of nitrogens with one attached hydrogen (secondary N) is 1. The maximum absolute atomic E-state index is 13.3. The van der Waals surface area contributed by atoms with E-state index in [0.717, 1.165) is 49.1 Å². The van der Waals surface area contributed by atoms with Crippen molar-refractivity contribution in [1.29, 1.82) is 0 Å². The SMILES string of the molecule is Cc1ccc(NC(=O)C[C@H](CC(O)C(F)(F)F)c2nnc(C3CC(CC(C)C)C3)n2C2CC2)c(C)c1. The highest BCUT2D eigenvalue weighted by atomic mass is 19.4. The number of aryl methyl sites for hydroxylation is 2. The molecule has 4 rings (SSSR count). The number of carbonyl (C=O) groups is 1. The number of aliphatic hydroxyl groups excluding tert-OH is 1. The van der Waals surface area contributed by atoms with Gasteiger partial charge in [0.15, 0.2) is 6.10 Å². The summed E-state index contributed by atoms with van der Waals surface area (Å²) in [5, 5.41) is 21.5. The van der Waals surface area contributed by atoms with Crippen LogP contribution in [-0.2, 0) is 4.79 Å². The van der Waals surface area contributed by atoms with Crippen molar-refractivity contribution in [3.05, 3.63) is 41.0 Å². The van der Waals surface area contributed by atoms with E-state index in [4.69, 9.17) is 0 Å². The fourth-order valence-corrected chi connectivity index (χ4v) is 5.45. The van der Waals surface area contributed by atoms with Crippen LogP contribution < -0.4 is 5.32 Å². The molecule has 2 N–H and O–H groups in total. The summed E-state index contributed by atoms with van der Waals surface area (Å²) < 4.78 is 42.0. The second kappa shape index (κ2) is 10.5. The molecule has 2 fully saturated rings. The Balaban J connectivity index is 1.56. The normalized spacial score (nSPS) is 21.8. The Kier molecular flexibility index (Phi) is 7.78. The standard InChI is InChI=1S/C27H37F3N4O2/c1-15(2)9-18-11-19(12-18)25-32-33-26(34(25)21-6-7-21)20(13-23(35)27(28,29)30)14-24(36)31-22-8-5-16(3)10-17(22)4/h5,8,10,15,18-21,23,35H,6-7,9,11-14H2,1-4H3,(H,31,36)/t18?,19?,20-,23?/m0/s1. The minimum atomic E-state index is -4.77. The molecule has 0 radical (unpaired) electrons. The van der Waals surface area contributed by atoms with Crippen LogP contribution in [0, 0.1) is 25.7 Å². The number of carbonyl (C=O) groups excluding carboxylic acids is 1. The molecule has 2 aliphatic carbocycles. The summed E-state index contributed by atoms with van der Waals surface area (Å²) in [5.74, 6) is 1.40. The van der Waals surface area contributed by atoms with E-state index >= 15 is 0 Å². The summed E-state index contributed by atoms with van der Waals surface area (Å²) in [7, 11) is 0. The molecular weight excluding hydrogens is 469 g/mol. The molecule has 1 unspecified atom stereocenters. The fourth-order valence-electron chi connectivity index (χ4n) is 5.45. The molecule has 1 heterocycles. The Morgan fingerprint density at radius 3 is 2.47 bits per heavy atom. The van der Waals surface area contributed by atoms with Crippen LogP contribution in [0.4, 0.5) is 18.9 Å². The lowest BCUT2D eigenvalue weighted by atomic mass is 9.71. The Hall–Kier alpha value is -2.42. The van der Waals surface area contributed by atoms with Gasteiger partial charge in [-0.25, -0.2) is 0 Å². The number of rotatable bonds is 10. The molecule has 0 bridgehead atoms. The van der Waals surface area contributed by atoms with Crippen molar-refractivity contribution >= 4 is 11.6 Å². The van der Waals surface area contributed by atoms with Gasteiger partial charge in [-0.1, -0.05) is 31.5 Å². The highest BCUT2D eigenvalue weighted by Crippen LogP contribution is 2.48. The topological polar surface area (TPSA) is 80.0 Å². The van der Waals surface area contributed by atoms with Crippen molar-refractivity contribution < 1.29 is 23.1 Å². The van der Waals surface area contributed by atoms with Gasteiger partial charge < -0.3 is 15.0 Å². The first kappa shape index (κ1) is 26.6. The summed E-state index contributed by atoms with van der Waals surface area (Å²) in [6.07, 6.45) is -3.15. The van der Waals surface area contributed by atoms with Gasteiger partial charge in [0.25, 0.3) is 0 Å². The number of nitrogens with zero attached hydrogens (tertiary/aromatic N) is 3. The van der Waals surface area contributed by atoms with Gasteiger partial charge in [-0.2, -0.15) is 13.2 Å². The van der Waals surface area contributed by atoms with Gasteiger partial charge >= 0.3 is 6.18 Å². The third-order valence-electron chi connectivity index (χ3n) is 7.40. The third-order valence-corrected chi connectivity index (χ3v) is 7.40. The number of aliphatic hydroxyl groups is 1. The summed E-state index contributed by atoms with van der Waals surface area (Å²) in [6, 6.07) is 5.75. The van der Waals surface area contributed by atoms with Crippen molar-refractivity contribution in [2.75, 3.05) is 5.32 Å². The number of amides is 1. The second-order valence-electron chi connectivity index (χ2n) is 11.2. The van der Waals surface area contributed by atoms with Crippen LogP contribution in [0.1, 0.15) is 99.4 Å². The van der Waals surface area contributed by atoms with Crippen LogP contribution in [-0.4, -0.2) is 38.1 Å². The number of anilines is 1. The minimum absolute atomic E-state index is 0.155. The number of benzene rings is 1. The number of halogens is 3. The van der Waals surface area contributed by atoms with Crippen LogP contribution in [0.2, 0.25) is 0 Å². The van der Waals surface area contributed by atoms with Crippen LogP contribution >= 0.6 is 0 Å². The molecule has 2 atom stereocenters. The monoisotopic (exact) mass is 506 g/mol. The average Bonchev–Trinajstić information content (AvgIpc) is 3.49. The predicted octanol–water partition coefficient (Wildman–Crippen LogP) is 6.20. The quantitative estimate of drug-likeness (QED) is 0.402. The molecule has 2 aliphatic rings. The molecule has 1 aromatic carbocycles. The van der Waals surface area contributed by atoms with Crippen LogP contribution in [0.5, 0.6) is 0 Å².